The van der Waals surface area contributed by atoms with Gasteiger partial charge >= 0.3 is 6.61 Å². The first-order valence-corrected chi connectivity index (χ1v) is 17.7. The summed E-state index contributed by atoms with van der Waals surface area (Å²) in [5.74, 6) is 0.711. The van der Waals surface area contributed by atoms with E-state index in [4.69, 9.17) is 42.4 Å². The SMILES string of the molecule is COc1nc(-c2cccc(-c3ccnc(-c4ccc(CNC5CCOCC5)c(OC(F)F)c4)c3Cl)c2Cl)ccc1CN1CC2(C1)CN(C(C)=O)C2. The predicted octanol–water partition coefficient (Wildman–Crippen LogP) is 7.33. The maximum Gasteiger partial charge on any atom is 0.387 e. The van der Waals surface area contributed by atoms with E-state index in [1.807, 2.05) is 35.2 Å². The van der Waals surface area contributed by atoms with Crippen molar-refractivity contribution < 1.29 is 27.8 Å². The molecule has 0 atom stereocenters. The maximum absolute atomic E-state index is 13.5. The zero-order valence-corrected chi connectivity index (χ0v) is 29.9. The number of likely N-dealkylation sites (tertiary alicyclic amines) is 2. The molecule has 2 aromatic carbocycles. The molecule has 1 amide bonds. The van der Waals surface area contributed by atoms with Gasteiger partial charge in [0.25, 0.3) is 0 Å². The van der Waals surface area contributed by atoms with Gasteiger partial charge in [0, 0.05) is 110 Å². The number of hydrogen-bond donors (Lipinski definition) is 1. The molecule has 0 radical (unpaired) electrons. The van der Waals surface area contributed by atoms with Crippen LogP contribution >= 0.6 is 23.2 Å². The van der Waals surface area contributed by atoms with Gasteiger partial charge in [-0.2, -0.15) is 8.78 Å². The second kappa shape index (κ2) is 15.0. The molecule has 0 saturated carbocycles. The molecule has 13 heteroatoms. The molecule has 3 aliphatic heterocycles. The highest BCUT2D eigenvalue weighted by Crippen LogP contribution is 2.43. The number of nitrogens with zero attached hydrogens (tertiary/aromatic N) is 4. The zero-order valence-electron chi connectivity index (χ0n) is 28.4. The molecule has 9 nitrogen and oxygen atoms in total. The van der Waals surface area contributed by atoms with Crippen molar-refractivity contribution in [2.24, 2.45) is 5.41 Å². The highest BCUT2D eigenvalue weighted by Gasteiger charge is 2.52. The van der Waals surface area contributed by atoms with Crippen LogP contribution in [0.3, 0.4) is 0 Å². The van der Waals surface area contributed by atoms with Crippen molar-refractivity contribution in [2.75, 3.05) is 46.5 Å². The largest absolute Gasteiger partial charge is 0.481 e. The van der Waals surface area contributed by atoms with Crippen LogP contribution < -0.4 is 14.8 Å². The van der Waals surface area contributed by atoms with Gasteiger partial charge in [0.05, 0.1) is 28.5 Å². The number of carbonyl (C=O) groups excluding carboxylic acids is 1. The molecular formula is C38H39Cl2F2N5O4. The Morgan fingerprint density at radius 3 is 2.45 bits per heavy atom. The number of amides is 1. The van der Waals surface area contributed by atoms with Gasteiger partial charge in [-0.25, -0.2) is 4.98 Å². The lowest BCUT2D eigenvalue weighted by atomic mass is 9.72. The Bertz CT molecular complexity index is 1910. The predicted molar refractivity (Wildman–Crippen MR) is 192 cm³/mol. The molecule has 268 valence electrons. The van der Waals surface area contributed by atoms with Gasteiger partial charge in [-0.15, -0.1) is 0 Å². The van der Waals surface area contributed by atoms with Crippen molar-refractivity contribution in [1.29, 1.82) is 0 Å². The molecule has 3 saturated heterocycles. The van der Waals surface area contributed by atoms with Crippen LogP contribution in [0.4, 0.5) is 8.78 Å². The van der Waals surface area contributed by atoms with Gasteiger partial charge in [-0.1, -0.05) is 59.6 Å². The molecule has 5 heterocycles. The summed E-state index contributed by atoms with van der Waals surface area (Å²) in [7, 11) is 1.60. The van der Waals surface area contributed by atoms with Crippen LogP contribution in [0.15, 0.2) is 60.8 Å². The van der Waals surface area contributed by atoms with Gasteiger partial charge in [-0.05, 0) is 31.0 Å². The highest BCUT2D eigenvalue weighted by atomic mass is 35.5. The molecule has 51 heavy (non-hydrogen) atoms. The van der Waals surface area contributed by atoms with Crippen LogP contribution in [-0.2, 0) is 22.6 Å². The lowest BCUT2D eigenvalue weighted by Crippen LogP contribution is -2.72. The Kier molecular flexibility index (Phi) is 10.5. The number of carbonyl (C=O) groups is 1. The molecule has 3 aliphatic rings. The van der Waals surface area contributed by atoms with E-state index in [-0.39, 0.29) is 23.1 Å². The van der Waals surface area contributed by atoms with Crippen molar-refractivity contribution in [3.05, 3.63) is 82.0 Å². The number of methoxy groups -OCH3 is 1. The van der Waals surface area contributed by atoms with E-state index in [1.165, 1.54) is 0 Å². The quantitative estimate of drug-likeness (QED) is 0.171. The fourth-order valence-electron chi connectivity index (χ4n) is 7.36. The molecule has 0 aliphatic carbocycles. The summed E-state index contributed by atoms with van der Waals surface area (Å²) >= 11 is 14.1. The molecule has 7 rings (SSSR count). The minimum absolute atomic E-state index is 0.0603. The number of benzene rings is 2. The summed E-state index contributed by atoms with van der Waals surface area (Å²) in [6.45, 7) is 4.54. The van der Waals surface area contributed by atoms with Gasteiger partial charge < -0.3 is 24.4 Å². The van der Waals surface area contributed by atoms with E-state index in [1.54, 1.807) is 44.5 Å². The van der Waals surface area contributed by atoms with Crippen LogP contribution in [0, 0.1) is 5.41 Å². The number of aromatic nitrogens is 2. The molecule has 3 fully saturated rings. The van der Waals surface area contributed by atoms with Crippen LogP contribution in [0.2, 0.25) is 10.0 Å². The number of pyridine rings is 2. The summed E-state index contributed by atoms with van der Waals surface area (Å²) in [5, 5.41) is 4.19. The summed E-state index contributed by atoms with van der Waals surface area (Å²) in [5.41, 5.74) is 5.36. The van der Waals surface area contributed by atoms with Crippen molar-refractivity contribution in [3.8, 4) is 45.3 Å². The average molecular weight is 739 g/mol. The smallest absolute Gasteiger partial charge is 0.387 e. The molecule has 2 aromatic heterocycles. The fraction of sp³-hybridized carbons (Fsp3) is 0.395. The third kappa shape index (κ3) is 7.54. The zero-order chi connectivity index (χ0) is 35.7. The van der Waals surface area contributed by atoms with Crippen molar-refractivity contribution >= 4 is 29.1 Å². The molecular weight excluding hydrogens is 699 g/mol. The minimum Gasteiger partial charge on any atom is -0.481 e. The van der Waals surface area contributed by atoms with Crippen LogP contribution in [0.5, 0.6) is 11.6 Å². The van der Waals surface area contributed by atoms with Gasteiger partial charge in [0.2, 0.25) is 11.8 Å². The van der Waals surface area contributed by atoms with Crippen molar-refractivity contribution in [3.63, 3.8) is 0 Å². The molecule has 4 aromatic rings. The third-order valence-corrected chi connectivity index (χ3v) is 10.7. The van der Waals surface area contributed by atoms with Gasteiger partial charge in [-0.3, -0.25) is 14.7 Å². The number of halogens is 4. The topological polar surface area (TPSA) is 89.1 Å². The Morgan fingerprint density at radius 2 is 1.73 bits per heavy atom. The minimum atomic E-state index is -2.99. The number of ether oxygens (including phenoxy) is 3. The first-order valence-electron chi connectivity index (χ1n) is 17.0. The second-order valence-corrected chi connectivity index (χ2v) is 14.3. The molecule has 0 unspecified atom stereocenters. The third-order valence-electron chi connectivity index (χ3n) is 9.96. The van der Waals surface area contributed by atoms with E-state index in [9.17, 15) is 13.6 Å². The normalized spacial score (nSPS) is 17.4. The number of rotatable bonds is 11. The van der Waals surface area contributed by atoms with Crippen LogP contribution in [0.1, 0.15) is 30.9 Å². The number of hydrogen-bond acceptors (Lipinski definition) is 8. The fourth-order valence-corrected chi connectivity index (χ4v) is 8.01. The lowest BCUT2D eigenvalue weighted by molar-refractivity contribution is -0.157. The molecule has 1 N–H and O–H groups in total. The van der Waals surface area contributed by atoms with E-state index >= 15 is 0 Å². The molecule has 1 spiro atoms. The summed E-state index contributed by atoms with van der Waals surface area (Å²) < 4.78 is 43.1. The summed E-state index contributed by atoms with van der Waals surface area (Å²) in [6, 6.07) is 16.7. The number of nitrogens with one attached hydrogen (secondary N) is 1. The lowest BCUT2D eigenvalue weighted by Gasteiger charge is -2.60. The standard InChI is InChI=1S/C38H39Cl2F2N5O4/c1-23(48)47-21-38(22-47)19-46(20-38)18-26-8-9-31(45-36(26)49-2)30-5-3-4-28(33(30)39)29-10-13-43-35(34(29)40)24-6-7-25(32(16-24)51-37(41)42)17-44-27-11-14-50-15-12-27/h3-10,13,16,27,37,44H,11-12,14-15,17-22H2,1-2H3. The first-order chi connectivity index (χ1) is 24.6. The van der Waals surface area contributed by atoms with Crippen molar-refractivity contribution in [1.82, 2.24) is 25.1 Å². The van der Waals surface area contributed by atoms with Gasteiger partial charge in [0.1, 0.15) is 5.75 Å². The Labute approximate surface area is 305 Å². The van der Waals surface area contributed by atoms with E-state index < -0.39 is 6.61 Å². The van der Waals surface area contributed by atoms with Crippen LogP contribution in [-0.4, -0.2) is 84.8 Å². The summed E-state index contributed by atoms with van der Waals surface area (Å²) in [4.78, 5) is 25.2. The highest BCUT2D eigenvalue weighted by molar-refractivity contribution is 6.39. The Hall–Kier alpha value is -3.87. The van der Waals surface area contributed by atoms with Gasteiger partial charge in [0.15, 0.2) is 0 Å². The maximum atomic E-state index is 13.5. The second-order valence-electron chi connectivity index (χ2n) is 13.5. The number of alkyl halides is 2. The first kappa shape index (κ1) is 35.5. The Morgan fingerprint density at radius 1 is 1.00 bits per heavy atom. The summed E-state index contributed by atoms with van der Waals surface area (Å²) in [6.07, 6.45) is 3.33. The van der Waals surface area contributed by atoms with Crippen molar-refractivity contribution in [2.45, 2.75) is 45.5 Å². The van der Waals surface area contributed by atoms with E-state index in [0.29, 0.717) is 81.4 Å². The Balaban J connectivity index is 1.11. The van der Waals surface area contributed by atoms with E-state index in [2.05, 4.69) is 15.2 Å². The average Bonchev–Trinajstić information content (AvgIpc) is 3.08. The monoisotopic (exact) mass is 737 g/mol. The van der Waals surface area contributed by atoms with E-state index in [0.717, 1.165) is 44.6 Å². The molecule has 0 bridgehead atoms. The van der Waals surface area contributed by atoms with Crippen LogP contribution in [0.25, 0.3) is 33.6 Å².